The third kappa shape index (κ3) is 9.46. The summed E-state index contributed by atoms with van der Waals surface area (Å²) < 4.78 is 33.6. The smallest absolute Gasteiger partial charge is 0.410 e. The SMILES string of the molecule is CCOc1cc(C(=O)N(Cc2cnc(Cl)c3cnn(COCC[Si](C)(C)C)c23)C2CC(N(C)C(=O)OC(C)(C)C)C2)ccc1-c1cccc(F)c1. The van der Waals surface area contributed by atoms with Crippen LogP contribution in [-0.4, -0.2) is 82.6 Å². The quantitative estimate of drug-likeness (QED) is 0.0770. The first-order valence-electron chi connectivity index (χ1n) is 17.4. The molecule has 1 saturated carbocycles. The van der Waals surface area contributed by atoms with Crippen molar-refractivity contribution in [3.8, 4) is 16.9 Å². The fourth-order valence-corrected chi connectivity index (χ4v) is 6.98. The molecule has 2 aromatic heterocycles. The number of benzene rings is 2. The molecule has 0 spiro atoms. The zero-order valence-electron chi connectivity index (χ0n) is 30.8. The van der Waals surface area contributed by atoms with Gasteiger partial charge >= 0.3 is 6.09 Å². The highest BCUT2D eigenvalue weighted by molar-refractivity contribution is 6.76. The Morgan fingerprint density at radius 1 is 1.08 bits per heavy atom. The van der Waals surface area contributed by atoms with Gasteiger partial charge in [-0.15, -0.1) is 0 Å². The average molecular weight is 738 g/mol. The number of fused-ring (bicyclic) bond motifs is 1. The summed E-state index contributed by atoms with van der Waals surface area (Å²) in [5, 5.41) is 5.56. The fraction of sp³-hybridized carbons (Fsp3) is 0.474. The second-order valence-corrected chi connectivity index (χ2v) is 21.3. The Kier molecular flexibility index (Phi) is 11.8. The van der Waals surface area contributed by atoms with Crippen LogP contribution in [0.2, 0.25) is 30.8 Å². The van der Waals surface area contributed by atoms with Crippen molar-refractivity contribution in [3.63, 3.8) is 0 Å². The van der Waals surface area contributed by atoms with Gasteiger partial charge in [-0.3, -0.25) is 4.79 Å². The molecule has 0 bridgehead atoms. The van der Waals surface area contributed by atoms with Gasteiger partial charge in [0.15, 0.2) is 0 Å². The van der Waals surface area contributed by atoms with Crippen LogP contribution < -0.4 is 4.74 Å². The van der Waals surface area contributed by atoms with Crippen LogP contribution >= 0.6 is 11.6 Å². The summed E-state index contributed by atoms with van der Waals surface area (Å²) in [7, 11) is 0.444. The van der Waals surface area contributed by atoms with E-state index in [9.17, 15) is 14.0 Å². The van der Waals surface area contributed by atoms with Crippen LogP contribution in [0.15, 0.2) is 54.9 Å². The first-order valence-corrected chi connectivity index (χ1v) is 21.5. The summed E-state index contributed by atoms with van der Waals surface area (Å²) in [5.41, 5.74) is 2.64. The van der Waals surface area contributed by atoms with Crippen LogP contribution in [-0.2, 0) is 22.7 Å². The third-order valence-electron chi connectivity index (χ3n) is 8.93. The van der Waals surface area contributed by atoms with Crippen LogP contribution in [0, 0.1) is 5.82 Å². The summed E-state index contributed by atoms with van der Waals surface area (Å²) in [5.74, 6) is -0.0967. The number of nitrogens with zero attached hydrogens (tertiary/aromatic N) is 5. The lowest BCUT2D eigenvalue weighted by Gasteiger charge is -2.46. The molecule has 274 valence electrons. The van der Waals surface area contributed by atoms with Gasteiger partial charge in [-0.2, -0.15) is 5.10 Å². The number of rotatable bonds is 13. The molecule has 13 heteroatoms. The Bertz CT molecular complexity index is 1870. The second-order valence-electron chi connectivity index (χ2n) is 15.3. The van der Waals surface area contributed by atoms with E-state index in [0.717, 1.165) is 17.1 Å². The zero-order chi connectivity index (χ0) is 37.1. The molecular formula is C38H49ClFN5O5Si. The maximum atomic E-state index is 14.6. The number of carbonyl (C=O) groups excluding carboxylic acids is 2. The van der Waals surface area contributed by atoms with Gasteiger partial charge in [-0.1, -0.05) is 43.4 Å². The van der Waals surface area contributed by atoms with Crippen molar-refractivity contribution >= 4 is 42.6 Å². The number of aromatic nitrogens is 3. The summed E-state index contributed by atoms with van der Waals surface area (Å²) in [6.45, 7) is 15.7. The molecule has 5 rings (SSSR count). The van der Waals surface area contributed by atoms with Crippen molar-refractivity contribution < 1.29 is 28.2 Å². The average Bonchev–Trinajstić information content (AvgIpc) is 3.46. The van der Waals surface area contributed by atoms with Crippen molar-refractivity contribution in [2.75, 3.05) is 20.3 Å². The van der Waals surface area contributed by atoms with E-state index in [1.54, 1.807) is 59.4 Å². The highest BCUT2D eigenvalue weighted by atomic mass is 35.5. The number of ether oxygens (including phenoxy) is 3. The second kappa shape index (κ2) is 15.7. The number of halogens is 2. The molecule has 0 saturated heterocycles. The molecule has 0 unspecified atom stereocenters. The number of hydrogen-bond donors (Lipinski definition) is 0. The van der Waals surface area contributed by atoms with Gasteiger partial charge < -0.3 is 24.0 Å². The third-order valence-corrected chi connectivity index (χ3v) is 10.9. The van der Waals surface area contributed by atoms with Crippen LogP contribution in [0.5, 0.6) is 5.75 Å². The highest BCUT2D eigenvalue weighted by Gasteiger charge is 2.41. The van der Waals surface area contributed by atoms with Crippen molar-refractivity contribution in [1.29, 1.82) is 0 Å². The molecule has 2 aromatic carbocycles. The van der Waals surface area contributed by atoms with Crippen molar-refractivity contribution in [2.24, 2.45) is 0 Å². The maximum Gasteiger partial charge on any atom is 0.410 e. The summed E-state index contributed by atoms with van der Waals surface area (Å²) in [6, 6.07) is 12.3. The fourth-order valence-electron chi connectivity index (χ4n) is 6.04. The van der Waals surface area contributed by atoms with Gasteiger partial charge in [0, 0.05) is 63.2 Å². The van der Waals surface area contributed by atoms with Crippen molar-refractivity contribution in [2.45, 2.75) is 97.2 Å². The topological polar surface area (TPSA) is 99.0 Å². The van der Waals surface area contributed by atoms with Crippen LogP contribution in [0.4, 0.5) is 9.18 Å². The van der Waals surface area contributed by atoms with E-state index in [4.69, 9.17) is 25.8 Å². The van der Waals surface area contributed by atoms with E-state index >= 15 is 0 Å². The van der Waals surface area contributed by atoms with E-state index in [1.165, 1.54) is 12.1 Å². The molecular weight excluding hydrogens is 689 g/mol. The van der Waals surface area contributed by atoms with Gasteiger partial charge in [0.1, 0.15) is 29.1 Å². The van der Waals surface area contributed by atoms with E-state index in [0.29, 0.717) is 59.0 Å². The monoisotopic (exact) mass is 737 g/mol. The Morgan fingerprint density at radius 3 is 2.49 bits per heavy atom. The predicted octanol–water partition coefficient (Wildman–Crippen LogP) is 8.64. The molecule has 2 amide bonds. The Labute approximate surface area is 305 Å². The van der Waals surface area contributed by atoms with E-state index < -0.39 is 19.8 Å². The van der Waals surface area contributed by atoms with E-state index in [1.807, 2.05) is 32.6 Å². The van der Waals surface area contributed by atoms with Gasteiger partial charge in [0.25, 0.3) is 5.91 Å². The molecule has 0 atom stereocenters. The van der Waals surface area contributed by atoms with Crippen LogP contribution in [0.25, 0.3) is 22.0 Å². The number of amides is 2. The summed E-state index contributed by atoms with van der Waals surface area (Å²) >= 11 is 6.54. The summed E-state index contributed by atoms with van der Waals surface area (Å²) in [6.07, 6.45) is 4.08. The predicted molar refractivity (Wildman–Crippen MR) is 200 cm³/mol. The molecule has 0 N–H and O–H groups in total. The van der Waals surface area contributed by atoms with Gasteiger partial charge in [0.05, 0.1) is 23.7 Å². The molecule has 1 fully saturated rings. The largest absolute Gasteiger partial charge is 0.493 e. The number of pyridine rings is 1. The molecule has 51 heavy (non-hydrogen) atoms. The van der Waals surface area contributed by atoms with Crippen LogP contribution in [0.1, 0.15) is 56.5 Å². The maximum absolute atomic E-state index is 14.6. The van der Waals surface area contributed by atoms with Gasteiger partial charge in [0.2, 0.25) is 0 Å². The molecule has 0 aliphatic heterocycles. The van der Waals surface area contributed by atoms with E-state index in [-0.39, 0.29) is 37.1 Å². The standard InChI is InChI=1S/C38H49ClFN5O5Si/c1-9-49-33-18-26(13-14-31(33)25-11-10-12-28(40)17-25)36(46)44(30-19-29(20-30)43(5)37(47)50-38(2,3)4)23-27-21-41-35(39)32-22-42-45(34(27)32)24-48-15-16-51(6,7)8/h10-14,17-18,21-22,29-30H,9,15-16,19-20,23-24H2,1-8H3. The molecule has 4 aromatic rings. The first kappa shape index (κ1) is 38.2. The van der Waals surface area contributed by atoms with Gasteiger partial charge in [-0.25, -0.2) is 18.9 Å². The minimum atomic E-state index is -1.29. The first-order chi connectivity index (χ1) is 24.0. The molecule has 10 nitrogen and oxygen atoms in total. The Morgan fingerprint density at radius 2 is 1.82 bits per heavy atom. The highest BCUT2D eigenvalue weighted by Crippen LogP contribution is 2.36. The molecule has 2 heterocycles. The van der Waals surface area contributed by atoms with Gasteiger partial charge in [-0.05, 0) is 82.5 Å². The molecule has 1 aliphatic rings. The Balaban J connectivity index is 1.47. The number of hydrogen-bond acceptors (Lipinski definition) is 7. The Hall–Kier alpha value is -4.00. The summed E-state index contributed by atoms with van der Waals surface area (Å²) in [4.78, 5) is 35.3. The lowest BCUT2D eigenvalue weighted by molar-refractivity contribution is -0.00281. The minimum Gasteiger partial charge on any atom is -0.493 e. The van der Waals surface area contributed by atoms with Crippen LogP contribution in [0.3, 0.4) is 0 Å². The lowest BCUT2D eigenvalue weighted by Crippen LogP contribution is -2.56. The zero-order valence-corrected chi connectivity index (χ0v) is 32.6. The van der Waals surface area contributed by atoms with E-state index in [2.05, 4.69) is 29.7 Å². The molecule has 1 aliphatic carbocycles. The number of carbonyl (C=O) groups is 2. The lowest BCUT2D eigenvalue weighted by atomic mass is 9.84. The minimum absolute atomic E-state index is 0.108. The van der Waals surface area contributed by atoms with Crippen molar-refractivity contribution in [1.82, 2.24) is 24.6 Å². The normalized spacial score (nSPS) is 16.1. The molecule has 0 radical (unpaired) electrons. The van der Waals surface area contributed by atoms with Crippen molar-refractivity contribution in [3.05, 3.63) is 77.0 Å².